The van der Waals surface area contributed by atoms with E-state index in [0.29, 0.717) is 59.0 Å². The van der Waals surface area contributed by atoms with Crippen LogP contribution in [0, 0.1) is 5.92 Å². The summed E-state index contributed by atoms with van der Waals surface area (Å²) in [7, 11) is 0. The van der Waals surface area contributed by atoms with Gasteiger partial charge in [-0.2, -0.15) is 0 Å². The van der Waals surface area contributed by atoms with Crippen LogP contribution in [0.25, 0.3) is 6.08 Å². The zero-order chi connectivity index (χ0) is 29.6. The molecule has 2 amide bonds. The number of carbonyl (C=O) groups excluding carboxylic acids is 2. The fraction of sp³-hybridized carbons (Fsp3) is 0.406. The molecule has 3 N–H and O–H groups in total. The van der Waals surface area contributed by atoms with E-state index in [1.807, 2.05) is 41.3 Å². The Morgan fingerprint density at radius 2 is 1.88 bits per heavy atom. The Kier molecular flexibility index (Phi) is 9.02. The van der Waals surface area contributed by atoms with Gasteiger partial charge >= 0.3 is 0 Å². The Balaban J connectivity index is 1.09. The summed E-state index contributed by atoms with van der Waals surface area (Å²) in [6, 6.07) is 11.2. The summed E-state index contributed by atoms with van der Waals surface area (Å²) in [5.74, 6) is 2.18. The molecular formula is C32H36ClN7O3. The molecule has 1 aliphatic carbocycles. The fourth-order valence-electron chi connectivity index (χ4n) is 5.92. The lowest BCUT2D eigenvalue weighted by atomic mass is 10.0. The number of nitrogens with zero attached hydrogens (tertiary/aromatic N) is 4. The molecule has 0 radical (unpaired) electrons. The molecule has 0 spiro atoms. The first-order valence-corrected chi connectivity index (χ1v) is 15.4. The number of carbonyl (C=O) groups is 2. The van der Waals surface area contributed by atoms with Crippen molar-refractivity contribution in [1.82, 2.24) is 25.2 Å². The lowest BCUT2D eigenvalue weighted by Gasteiger charge is -2.33. The molecule has 10 nitrogen and oxygen atoms in total. The predicted molar refractivity (Wildman–Crippen MR) is 166 cm³/mol. The second kappa shape index (κ2) is 13.4. The third-order valence-electron chi connectivity index (χ3n) is 8.28. The van der Waals surface area contributed by atoms with Crippen LogP contribution in [-0.2, 0) is 16.1 Å². The van der Waals surface area contributed by atoms with Gasteiger partial charge in [0.05, 0.1) is 22.8 Å². The lowest BCUT2D eigenvalue weighted by molar-refractivity contribution is -0.137. The van der Waals surface area contributed by atoms with Crippen molar-refractivity contribution >= 4 is 46.8 Å². The highest BCUT2D eigenvalue weighted by molar-refractivity contribution is 6.32. The Morgan fingerprint density at radius 1 is 1.05 bits per heavy atom. The maximum Gasteiger partial charge on any atom is 0.247 e. The van der Waals surface area contributed by atoms with E-state index in [-0.39, 0.29) is 17.9 Å². The summed E-state index contributed by atoms with van der Waals surface area (Å²) in [6.07, 6.45) is 11.5. The number of amides is 2. The molecule has 1 saturated heterocycles. The van der Waals surface area contributed by atoms with Crippen LogP contribution in [0.5, 0.6) is 5.75 Å². The monoisotopic (exact) mass is 601 g/mol. The van der Waals surface area contributed by atoms with Gasteiger partial charge in [0.1, 0.15) is 29.8 Å². The van der Waals surface area contributed by atoms with Crippen molar-refractivity contribution in [3.8, 4) is 5.75 Å². The quantitative estimate of drug-likeness (QED) is 0.316. The number of aromatic nitrogens is 3. The highest BCUT2D eigenvalue weighted by Gasteiger charge is 2.30. The van der Waals surface area contributed by atoms with Crippen molar-refractivity contribution in [3.63, 3.8) is 0 Å². The zero-order valence-electron chi connectivity index (χ0n) is 24.0. The number of hydrogen-bond donors (Lipinski definition) is 3. The predicted octanol–water partition coefficient (Wildman–Crippen LogP) is 5.34. The van der Waals surface area contributed by atoms with Crippen molar-refractivity contribution in [1.29, 1.82) is 0 Å². The Bertz CT molecular complexity index is 1490. The molecule has 2 aromatic heterocycles. The Morgan fingerprint density at radius 3 is 2.65 bits per heavy atom. The van der Waals surface area contributed by atoms with E-state index in [1.54, 1.807) is 12.3 Å². The molecule has 3 aromatic rings. The summed E-state index contributed by atoms with van der Waals surface area (Å²) in [5.41, 5.74) is 2.84. The van der Waals surface area contributed by atoms with Crippen LogP contribution < -0.4 is 20.7 Å². The average molecular weight is 602 g/mol. The van der Waals surface area contributed by atoms with Crippen LogP contribution in [0.15, 0.2) is 54.5 Å². The third kappa shape index (κ3) is 7.07. The van der Waals surface area contributed by atoms with Gasteiger partial charge in [-0.05, 0) is 55.7 Å². The summed E-state index contributed by atoms with van der Waals surface area (Å²) in [5, 5.41) is 10.1. The number of pyridine rings is 1. The zero-order valence-corrected chi connectivity index (χ0v) is 24.8. The van der Waals surface area contributed by atoms with Gasteiger partial charge in [-0.3, -0.25) is 14.6 Å². The smallest absolute Gasteiger partial charge is 0.247 e. The Labute approximate surface area is 256 Å². The van der Waals surface area contributed by atoms with Crippen molar-refractivity contribution in [2.24, 2.45) is 5.92 Å². The van der Waals surface area contributed by atoms with Crippen LogP contribution in [0.4, 0.5) is 17.3 Å². The van der Waals surface area contributed by atoms with E-state index in [0.717, 1.165) is 63.0 Å². The number of nitrogens with one attached hydrogen (secondary N) is 3. The first-order valence-electron chi connectivity index (χ1n) is 15.0. The van der Waals surface area contributed by atoms with Gasteiger partial charge in [0, 0.05) is 55.9 Å². The third-order valence-corrected chi connectivity index (χ3v) is 8.58. The largest absolute Gasteiger partial charge is 0.489 e. The first kappa shape index (κ1) is 28.9. The highest BCUT2D eigenvalue weighted by atomic mass is 35.5. The molecular weight excluding hydrogens is 566 g/mol. The lowest BCUT2D eigenvalue weighted by Crippen LogP contribution is -2.44. The number of anilines is 3. The molecule has 1 aromatic carbocycles. The maximum atomic E-state index is 13.0. The van der Waals surface area contributed by atoms with Gasteiger partial charge in [-0.25, -0.2) is 9.97 Å². The number of piperidine rings is 1. The summed E-state index contributed by atoms with van der Waals surface area (Å²) >= 11 is 6.65. The van der Waals surface area contributed by atoms with Gasteiger partial charge in [-0.15, -0.1) is 0 Å². The number of benzene rings is 1. The van der Waals surface area contributed by atoms with E-state index in [9.17, 15) is 9.59 Å². The molecule has 224 valence electrons. The molecule has 43 heavy (non-hydrogen) atoms. The van der Waals surface area contributed by atoms with E-state index >= 15 is 0 Å². The highest BCUT2D eigenvalue weighted by Crippen LogP contribution is 2.34. The van der Waals surface area contributed by atoms with Crippen LogP contribution in [-0.4, -0.2) is 57.4 Å². The normalized spacial score (nSPS) is 17.3. The standard InChI is InChI=1S/C32H36ClN7O3/c33-27-18-23(8-9-28(27)43-25-11-15-40(16-12-25)32(42)21-5-1-2-6-21)39-30-26-17-22(10-14-35-29(26)37-20-38-30)31(41)36-19-24-7-3-4-13-34-24/h3-4,7-9,13,17-18,20-21,25H,1-2,5-6,10-12,14-16,19H2,(H,36,41)(H2,35,37,38,39). The van der Waals surface area contributed by atoms with Crippen LogP contribution in [0.2, 0.25) is 5.02 Å². The van der Waals surface area contributed by atoms with Crippen molar-refractivity contribution in [3.05, 3.63) is 70.8 Å². The molecule has 0 bridgehead atoms. The number of likely N-dealkylation sites (tertiary alicyclic amines) is 1. The summed E-state index contributed by atoms with van der Waals surface area (Å²) < 4.78 is 6.26. The van der Waals surface area contributed by atoms with Crippen molar-refractivity contribution < 1.29 is 14.3 Å². The van der Waals surface area contributed by atoms with Gasteiger partial charge in [0.25, 0.3) is 0 Å². The topological polar surface area (TPSA) is 121 Å². The minimum Gasteiger partial charge on any atom is -0.489 e. The molecule has 3 aliphatic rings. The molecule has 11 heteroatoms. The summed E-state index contributed by atoms with van der Waals surface area (Å²) in [6.45, 7) is 2.36. The van der Waals surface area contributed by atoms with Gasteiger partial charge in [-0.1, -0.05) is 30.5 Å². The minimum atomic E-state index is -0.159. The molecule has 0 unspecified atom stereocenters. The molecule has 2 fully saturated rings. The van der Waals surface area contributed by atoms with E-state index < -0.39 is 0 Å². The Hall–Kier alpha value is -4.18. The number of fused-ring (bicyclic) bond motifs is 1. The van der Waals surface area contributed by atoms with Crippen LogP contribution in [0.1, 0.15) is 56.2 Å². The van der Waals surface area contributed by atoms with E-state index in [4.69, 9.17) is 16.3 Å². The van der Waals surface area contributed by atoms with Crippen molar-refractivity contribution in [2.75, 3.05) is 30.3 Å². The second-order valence-electron chi connectivity index (χ2n) is 11.2. The summed E-state index contributed by atoms with van der Waals surface area (Å²) in [4.78, 5) is 40.9. The number of ether oxygens (including phenoxy) is 1. The second-order valence-corrected chi connectivity index (χ2v) is 11.6. The van der Waals surface area contributed by atoms with Gasteiger partial charge in [0.2, 0.25) is 11.8 Å². The number of hydrogen-bond acceptors (Lipinski definition) is 8. The SMILES string of the molecule is O=C(NCc1ccccn1)C1=Cc2c(ncnc2Nc2ccc(OC3CCN(C(=O)C4CCCC4)CC3)c(Cl)c2)NCC1. The van der Waals surface area contributed by atoms with E-state index in [2.05, 4.69) is 30.9 Å². The number of rotatable bonds is 8. The number of halogens is 1. The molecule has 4 heterocycles. The first-order chi connectivity index (χ1) is 21.0. The molecule has 6 rings (SSSR count). The molecule has 1 saturated carbocycles. The van der Waals surface area contributed by atoms with Crippen LogP contribution >= 0.6 is 11.6 Å². The average Bonchev–Trinajstić information content (AvgIpc) is 3.48. The van der Waals surface area contributed by atoms with Gasteiger partial charge < -0.3 is 25.6 Å². The molecule has 0 atom stereocenters. The van der Waals surface area contributed by atoms with E-state index in [1.165, 1.54) is 6.33 Å². The van der Waals surface area contributed by atoms with Crippen molar-refractivity contribution in [2.45, 2.75) is 57.6 Å². The van der Waals surface area contributed by atoms with Gasteiger partial charge in [0.15, 0.2) is 0 Å². The molecule has 2 aliphatic heterocycles. The minimum absolute atomic E-state index is 0.0139. The van der Waals surface area contributed by atoms with Crippen LogP contribution in [0.3, 0.4) is 0 Å². The maximum absolute atomic E-state index is 13.0. The fourth-order valence-corrected chi connectivity index (χ4v) is 6.14.